The highest BCUT2D eigenvalue weighted by atomic mass is 32.5. The van der Waals surface area contributed by atoms with E-state index >= 15 is 0 Å². The van der Waals surface area contributed by atoms with Crippen LogP contribution in [0.25, 0.3) is 0 Å². The molecule has 0 heterocycles. The molecule has 1 aliphatic rings. The molecule has 2 rings (SSSR count). The van der Waals surface area contributed by atoms with Gasteiger partial charge in [0.25, 0.3) is 0 Å². The Labute approximate surface area is 128 Å². The smallest absolute Gasteiger partial charge is 0.0936 e. The Morgan fingerprint density at radius 1 is 0.864 bits per heavy atom. The highest BCUT2D eigenvalue weighted by molar-refractivity contribution is 8.45. The third kappa shape index (κ3) is 4.86. The molecule has 0 unspecified atom stereocenters. The summed E-state index contributed by atoms with van der Waals surface area (Å²) in [7, 11) is -9.53. The van der Waals surface area contributed by atoms with Crippen molar-refractivity contribution in [1.82, 2.24) is 0 Å². The lowest BCUT2D eigenvalue weighted by Crippen LogP contribution is -2.14. The van der Waals surface area contributed by atoms with Crippen molar-refractivity contribution in [2.75, 3.05) is 0 Å². The number of rotatable bonds is 5. The monoisotopic (exact) mass is 342 g/mol. The molecule has 0 amide bonds. The van der Waals surface area contributed by atoms with Gasteiger partial charge in [-0.2, -0.15) is 0 Å². The molecule has 1 saturated carbocycles. The summed E-state index contributed by atoms with van der Waals surface area (Å²) in [5, 5.41) is 0. The maximum Gasteiger partial charge on any atom is 0.310 e. The van der Waals surface area contributed by atoms with Gasteiger partial charge in [-0.3, -0.25) is 0 Å². The van der Waals surface area contributed by atoms with Gasteiger partial charge >= 0.3 is 10.2 Å². The summed E-state index contributed by atoms with van der Waals surface area (Å²) in [6.07, 6.45) is 7.58. The molecule has 0 radical (unpaired) electrons. The van der Waals surface area contributed by atoms with E-state index in [0.29, 0.717) is 30.0 Å². The third-order valence-corrected chi connectivity index (χ3v) is 5.92. The van der Waals surface area contributed by atoms with Gasteiger partial charge in [0.05, 0.1) is 0 Å². The number of hydrogen-bond donors (Lipinski definition) is 0. The minimum atomic E-state index is -9.53. The van der Waals surface area contributed by atoms with Gasteiger partial charge < -0.3 is 0 Å². The molecular weight excluding hydrogens is 319 g/mol. The van der Waals surface area contributed by atoms with Gasteiger partial charge in [-0.05, 0) is 42.4 Å². The molecule has 0 atom stereocenters. The number of benzene rings is 1. The van der Waals surface area contributed by atoms with Gasteiger partial charge in [-0.15, -0.1) is 0 Å². The summed E-state index contributed by atoms with van der Waals surface area (Å²) in [6, 6.07) is 3.41. The molecule has 0 spiro atoms. The van der Waals surface area contributed by atoms with Crippen LogP contribution in [-0.4, -0.2) is 0 Å². The van der Waals surface area contributed by atoms with Crippen molar-refractivity contribution in [3.05, 3.63) is 29.8 Å². The predicted molar refractivity (Wildman–Crippen MR) is 81.9 cm³/mol. The van der Waals surface area contributed by atoms with E-state index in [1.54, 1.807) is 0 Å². The van der Waals surface area contributed by atoms with Crippen molar-refractivity contribution in [3.8, 4) is 0 Å². The molecule has 1 aromatic rings. The predicted octanol–water partition coefficient (Wildman–Crippen LogP) is 7.49. The van der Waals surface area contributed by atoms with Crippen molar-refractivity contribution in [3.63, 3.8) is 0 Å². The average Bonchev–Trinajstić information content (AvgIpc) is 2.44. The van der Waals surface area contributed by atoms with Gasteiger partial charge in [0.15, 0.2) is 0 Å². The zero-order valence-electron chi connectivity index (χ0n) is 12.7. The van der Waals surface area contributed by atoms with E-state index in [0.717, 1.165) is 12.3 Å². The normalized spacial score (nSPS) is 26.3. The Bertz CT molecular complexity index is 497. The highest BCUT2D eigenvalue weighted by Crippen LogP contribution is 3.02. The molecule has 1 aliphatic carbocycles. The van der Waals surface area contributed by atoms with Gasteiger partial charge in [0.1, 0.15) is 4.90 Å². The molecule has 0 saturated heterocycles. The molecule has 0 bridgehead atoms. The molecule has 0 aromatic heterocycles. The largest absolute Gasteiger partial charge is 0.310 e. The molecular formula is C16H23F5S. The van der Waals surface area contributed by atoms with E-state index in [2.05, 4.69) is 6.92 Å². The van der Waals surface area contributed by atoms with E-state index < -0.39 is 15.1 Å². The molecule has 128 valence electrons. The maximum atomic E-state index is 12.6. The zero-order valence-corrected chi connectivity index (χ0v) is 13.5. The van der Waals surface area contributed by atoms with Gasteiger partial charge in [0, 0.05) is 0 Å². The molecule has 6 heteroatoms. The Balaban J connectivity index is 1.91. The molecule has 22 heavy (non-hydrogen) atoms. The van der Waals surface area contributed by atoms with Crippen molar-refractivity contribution in [2.24, 2.45) is 11.8 Å². The summed E-state index contributed by atoms with van der Waals surface area (Å²) >= 11 is 0. The number of aryl methyl sites for hydroxylation is 1. The zero-order chi connectivity index (χ0) is 16.5. The fourth-order valence-electron chi connectivity index (χ4n) is 3.21. The van der Waals surface area contributed by atoms with Crippen LogP contribution in [0.1, 0.15) is 51.0 Å². The van der Waals surface area contributed by atoms with Crippen LogP contribution in [0.2, 0.25) is 0 Å². The van der Waals surface area contributed by atoms with Crippen LogP contribution in [0.5, 0.6) is 0 Å². The van der Waals surface area contributed by atoms with E-state index in [1.165, 1.54) is 44.2 Å². The molecule has 0 aliphatic heterocycles. The van der Waals surface area contributed by atoms with E-state index in [4.69, 9.17) is 0 Å². The summed E-state index contributed by atoms with van der Waals surface area (Å²) in [5.41, 5.74) is 0.697. The summed E-state index contributed by atoms with van der Waals surface area (Å²) < 4.78 is 63.1. The second-order valence-corrected chi connectivity index (χ2v) is 8.86. The van der Waals surface area contributed by atoms with Crippen LogP contribution in [0.4, 0.5) is 19.4 Å². The first-order valence-electron chi connectivity index (χ1n) is 7.81. The SMILES string of the molecule is CC[C@H]1CC[C@H](CCc2ccc(S(F)(F)(F)(F)F)cc2)CC1. The lowest BCUT2D eigenvalue weighted by atomic mass is 9.78. The molecule has 0 nitrogen and oxygen atoms in total. The van der Waals surface area contributed by atoms with E-state index in [9.17, 15) is 19.4 Å². The summed E-state index contributed by atoms with van der Waals surface area (Å²) in [4.78, 5) is -1.80. The van der Waals surface area contributed by atoms with Crippen LogP contribution in [0, 0.1) is 11.8 Å². The van der Waals surface area contributed by atoms with Gasteiger partial charge in [-0.25, -0.2) is 0 Å². The van der Waals surface area contributed by atoms with Crippen LogP contribution in [-0.2, 0) is 6.42 Å². The number of halogens is 5. The van der Waals surface area contributed by atoms with Crippen molar-refractivity contribution in [2.45, 2.75) is 56.8 Å². The fraction of sp³-hybridized carbons (Fsp3) is 0.625. The summed E-state index contributed by atoms with van der Waals surface area (Å²) in [5.74, 6) is 1.42. The second kappa shape index (κ2) is 5.39. The Hall–Kier alpha value is -0.780. The Kier molecular flexibility index (Phi) is 4.31. The minimum absolute atomic E-state index is 0.519. The molecule has 1 fully saturated rings. The Morgan fingerprint density at radius 2 is 1.36 bits per heavy atom. The quantitative estimate of drug-likeness (QED) is 0.486. The van der Waals surface area contributed by atoms with Gasteiger partial charge in [0.2, 0.25) is 0 Å². The van der Waals surface area contributed by atoms with Crippen LogP contribution >= 0.6 is 10.2 Å². The van der Waals surface area contributed by atoms with Gasteiger partial charge in [-0.1, -0.05) is 70.6 Å². The first kappa shape index (κ1) is 17.6. The van der Waals surface area contributed by atoms with Crippen molar-refractivity contribution < 1.29 is 19.4 Å². The van der Waals surface area contributed by atoms with E-state index in [1.807, 2.05) is 0 Å². The topological polar surface area (TPSA) is 0 Å². The molecule has 1 aromatic carbocycles. The lowest BCUT2D eigenvalue weighted by Gasteiger charge is -2.40. The lowest BCUT2D eigenvalue weighted by molar-refractivity contribution is 0.259. The maximum absolute atomic E-state index is 12.6. The van der Waals surface area contributed by atoms with Crippen molar-refractivity contribution >= 4 is 10.2 Å². The highest BCUT2D eigenvalue weighted by Gasteiger charge is 2.65. The first-order chi connectivity index (χ1) is 9.97. The summed E-state index contributed by atoms with van der Waals surface area (Å²) in [6.45, 7) is 2.20. The third-order valence-electron chi connectivity index (χ3n) is 4.75. The Morgan fingerprint density at radius 3 is 1.82 bits per heavy atom. The van der Waals surface area contributed by atoms with Crippen LogP contribution in [0.15, 0.2) is 29.2 Å². The van der Waals surface area contributed by atoms with Crippen LogP contribution in [0.3, 0.4) is 0 Å². The average molecular weight is 342 g/mol. The van der Waals surface area contributed by atoms with Crippen LogP contribution < -0.4 is 0 Å². The second-order valence-electron chi connectivity index (χ2n) is 6.45. The van der Waals surface area contributed by atoms with E-state index in [-0.39, 0.29) is 0 Å². The number of hydrogen-bond acceptors (Lipinski definition) is 0. The molecule has 0 N–H and O–H groups in total. The standard InChI is InChI=1S/C16H23F5S/c1-2-13-3-5-14(6-4-13)7-8-15-9-11-16(12-10-15)22(17,18,19,20)21/h9-14H,2-8H2,1H3/t13-,14-. The van der Waals surface area contributed by atoms with Crippen molar-refractivity contribution in [1.29, 1.82) is 0 Å². The fourth-order valence-corrected chi connectivity index (χ4v) is 3.86. The first-order valence-corrected chi connectivity index (χ1v) is 9.76. The minimum Gasteiger partial charge on any atom is -0.0936 e.